The van der Waals surface area contributed by atoms with Gasteiger partial charge in [0.05, 0.1) is 4.88 Å². The fraction of sp³-hybridized carbons (Fsp3) is 0.125. The van der Waals surface area contributed by atoms with Gasteiger partial charge in [0, 0.05) is 5.92 Å². The van der Waals surface area contributed by atoms with Gasteiger partial charge in [-0.25, -0.2) is 4.79 Å². The van der Waals surface area contributed by atoms with Crippen molar-refractivity contribution < 1.29 is 9.90 Å². The summed E-state index contributed by atoms with van der Waals surface area (Å²) in [6.07, 6.45) is 0. The minimum Gasteiger partial charge on any atom is -0.472 e. The smallest absolute Gasteiger partial charge is 0.382 e. The Morgan fingerprint density at radius 1 is 1.73 bits per heavy atom. The Morgan fingerprint density at radius 3 is 2.91 bits per heavy atom. The fourth-order valence-corrected chi connectivity index (χ4v) is 1.36. The largest absolute Gasteiger partial charge is 0.472 e. The predicted octanol–water partition coefficient (Wildman–Crippen LogP) is 1.49. The number of aryl methyl sites for hydroxylation is 1. The average Bonchev–Trinajstić information content (AvgIpc) is 2.31. The molecule has 0 aliphatic heterocycles. The van der Waals surface area contributed by atoms with Gasteiger partial charge in [-0.1, -0.05) is 0 Å². The summed E-state index contributed by atoms with van der Waals surface area (Å²) in [6.45, 7) is 1.95. The van der Waals surface area contributed by atoms with E-state index in [-0.39, 0.29) is 0 Å². The Morgan fingerprint density at radius 2 is 2.45 bits per heavy atom. The second kappa shape index (κ2) is 3.22. The van der Waals surface area contributed by atoms with Gasteiger partial charge in [0.25, 0.3) is 0 Å². The Hall–Kier alpha value is -1.27. The van der Waals surface area contributed by atoms with Crippen molar-refractivity contribution in [1.29, 1.82) is 0 Å². The highest BCUT2D eigenvalue weighted by atomic mass is 32.1. The Bertz CT molecular complexity index is 327. The normalized spacial score (nSPS) is 8.45. The Balaban J connectivity index is 2.82. The lowest BCUT2D eigenvalue weighted by molar-refractivity contribution is -0.130. The first-order chi connectivity index (χ1) is 5.18. The molecule has 1 aromatic heterocycles. The van der Waals surface area contributed by atoms with Gasteiger partial charge >= 0.3 is 5.97 Å². The van der Waals surface area contributed by atoms with Crippen molar-refractivity contribution in [2.75, 3.05) is 0 Å². The second-order valence-electron chi connectivity index (χ2n) is 2.04. The highest BCUT2D eigenvalue weighted by Crippen LogP contribution is 2.11. The molecule has 0 spiro atoms. The average molecular weight is 166 g/mol. The van der Waals surface area contributed by atoms with Crippen LogP contribution < -0.4 is 0 Å². The minimum absolute atomic E-state index is 0.796. The maximum atomic E-state index is 10.0. The molecule has 0 bridgehead atoms. The minimum atomic E-state index is -1.09. The van der Waals surface area contributed by atoms with Crippen LogP contribution in [0.5, 0.6) is 0 Å². The maximum absolute atomic E-state index is 10.0. The molecule has 1 N–H and O–H groups in total. The predicted molar refractivity (Wildman–Crippen MR) is 43.6 cm³/mol. The standard InChI is InChI=1S/C8H6O2S/c1-6-4-7(11-5-6)2-3-8(9)10/h4-5H,1H3,(H,9,10). The van der Waals surface area contributed by atoms with E-state index in [0.29, 0.717) is 0 Å². The molecule has 0 radical (unpaired) electrons. The van der Waals surface area contributed by atoms with Crippen LogP contribution in [0.4, 0.5) is 0 Å². The van der Waals surface area contributed by atoms with E-state index in [1.165, 1.54) is 11.3 Å². The molecule has 0 saturated carbocycles. The van der Waals surface area contributed by atoms with Crippen molar-refractivity contribution >= 4 is 17.3 Å². The molecule has 0 saturated heterocycles. The number of carboxylic acids is 1. The molecule has 0 aliphatic rings. The molecule has 1 rings (SSSR count). The molecule has 0 aromatic carbocycles. The van der Waals surface area contributed by atoms with E-state index in [4.69, 9.17) is 5.11 Å². The first-order valence-electron chi connectivity index (χ1n) is 2.98. The number of carbonyl (C=O) groups is 1. The van der Waals surface area contributed by atoms with E-state index in [1.807, 2.05) is 18.4 Å². The maximum Gasteiger partial charge on any atom is 0.382 e. The SMILES string of the molecule is Cc1csc(C#CC(=O)O)c1. The van der Waals surface area contributed by atoms with Crippen molar-refractivity contribution in [3.05, 3.63) is 21.9 Å². The van der Waals surface area contributed by atoms with Gasteiger partial charge in [-0.15, -0.1) is 11.3 Å². The molecule has 56 valence electrons. The number of thiophene rings is 1. The molecule has 0 amide bonds. The zero-order valence-electron chi connectivity index (χ0n) is 5.92. The van der Waals surface area contributed by atoms with E-state index in [0.717, 1.165) is 10.4 Å². The van der Waals surface area contributed by atoms with Crippen molar-refractivity contribution in [1.82, 2.24) is 0 Å². The molecule has 2 nitrogen and oxygen atoms in total. The first-order valence-corrected chi connectivity index (χ1v) is 3.86. The topological polar surface area (TPSA) is 37.3 Å². The van der Waals surface area contributed by atoms with Crippen LogP contribution >= 0.6 is 11.3 Å². The lowest BCUT2D eigenvalue weighted by Gasteiger charge is -1.74. The van der Waals surface area contributed by atoms with Crippen LogP contribution in [0, 0.1) is 18.8 Å². The van der Waals surface area contributed by atoms with Gasteiger partial charge in [-0.05, 0) is 29.9 Å². The van der Waals surface area contributed by atoms with E-state index in [1.54, 1.807) is 0 Å². The van der Waals surface area contributed by atoms with Crippen LogP contribution in [0.15, 0.2) is 11.4 Å². The summed E-state index contributed by atoms with van der Waals surface area (Å²) in [5.41, 5.74) is 1.12. The Kier molecular flexibility index (Phi) is 2.29. The van der Waals surface area contributed by atoms with Gasteiger partial charge in [0.15, 0.2) is 0 Å². The molecule has 0 aliphatic carbocycles. The first kappa shape index (κ1) is 7.83. The Labute approximate surface area is 68.5 Å². The van der Waals surface area contributed by atoms with Crippen LogP contribution in [0.2, 0.25) is 0 Å². The number of rotatable bonds is 0. The number of carboxylic acid groups (broad SMARTS) is 1. The van der Waals surface area contributed by atoms with Gasteiger partial charge in [-0.3, -0.25) is 0 Å². The van der Waals surface area contributed by atoms with E-state index >= 15 is 0 Å². The third-order valence-electron chi connectivity index (χ3n) is 1.02. The molecule has 0 unspecified atom stereocenters. The molecule has 11 heavy (non-hydrogen) atoms. The van der Waals surface area contributed by atoms with Gasteiger partial charge < -0.3 is 5.11 Å². The summed E-state index contributed by atoms with van der Waals surface area (Å²) < 4.78 is 0. The molecule has 1 aromatic rings. The van der Waals surface area contributed by atoms with Crippen molar-refractivity contribution in [2.45, 2.75) is 6.92 Å². The van der Waals surface area contributed by atoms with Crippen molar-refractivity contribution in [3.63, 3.8) is 0 Å². The molecular formula is C8H6O2S. The summed E-state index contributed by atoms with van der Waals surface area (Å²) in [6, 6.07) is 1.86. The number of aliphatic carboxylic acids is 1. The highest BCUT2D eigenvalue weighted by Gasteiger charge is 1.91. The lowest BCUT2D eigenvalue weighted by atomic mass is 10.3. The van der Waals surface area contributed by atoms with Gasteiger partial charge in [0.1, 0.15) is 0 Å². The third kappa shape index (κ3) is 2.44. The monoisotopic (exact) mass is 166 g/mol. The van der Waals surface area contributed by atoms with Crippen molar-refractivity contribution in [2.24, 2.45) is 0 Å². The zero-order valence-corrected chi connectivity index (χ0v) is 6.73. The third-order valence-corrected chi connectivity index (χ3v) is 1.99. The summed E-state index contributed by atoms with van der Waals surface area (Å²) in [4.78, 5) is 10.8. The summed E-state index contributed by atoms with van der Waals surface area (Å²) in [7, 11) is 0. The summed E-state index contributed by atoms with van der Waals surface area (Å²) >= 11 is 1.45. The molecule has 0 atom stereocenters. The van der Waals surface area contributed by atoms with E-state index in [2.05, 4.69) is 11.8 Å². The quantitative estimate of drug-likeness (QED) is 0.593. The van der Waals surface area contributed by atoms with Gasteiger partial charge in [0.2, 0.25) is 0 Å². The molecule has 3 heteroatoms. The van der Waals surface area contributed by atoms with Crippen molar-refractivity contribution in [3.8, 4) is 11.8 Å². The number of hydrogen-bond acceptors (Lipinski definition) is 2. The summed E-state index contributed by atoms with van der Waals surface area (Å²) in [5.74, 6) is 3.50. The zero-order chi connectivity index (χ0) is 8.27. The molecular weight excluding hydrogens is 160 g/mol. The molecule has 0 fully saturated rings. The fourth-order valence-electron chi connectivity index (χ4n) is 0.612. The van der Waals surface area contributed by atoms with Gasteiger partial charge in [-0.2, -0.15) is 0 Å². The second-order valence-corrected chi connectivity index (χ2v) is 2.95. The van der Waals surface area contributed by atoms with Crippen LogP contribution in [0.3, 0.4) is 0 Å². The van der Waals surface area contributed by atoms with Crippen LogP contribution in [0.1, 0.15) is 10.4 Å². The van der Waals surface area contributed by atoms with E-state index in [9.17, 15) is 4.79 Å². The van der Waals surface area contributed by atoms with Crippen LogP contribution in [-0.2, 0) is 4.79 Å². The molecule has 1 heterocycles. The lowest BCUT2D eigenvalue weighted by Crippen LogP contribution is -1.85. The van der Waals surface area contributed by atoms with E-state index < -0.39 is 5.97 Å². The summed E-state index contributed by atoms with van der Waals surface area (Å²) in [5, 5.41) is 10.1. The van der Waals surface area contributed by atoms with Crippen LogP contribution in [-0.4, -0.2) is 11.1 Å². The highest BCUT2D eigenvalue weighted by molar-refractivity contribution is 7.10. The van der Waals surface area contributed by atoms with Crippen LogP contribution in [0.25, 0.3) is 0 Å². The number of hydrogen-bond donors (Lipinski definition) is 1.